The molecule has 5 nitrogen and oxygen atoms in total. The number of anilines is 2. The summed E-state index contributed by atoms with van der Waals surface area (Å²) in [7, 11) is 0. The zero-order valence-corrected chi connectivity index (χ0v) is 14.4. The molecule has 1 aliphatic heterocycles. The van der Waals surface area contributed by atoms with Crippen LogP contribution in [0.5, 0.6) is 11.6 Å². The second kappa shape index (κ2) is 6.59. The molecule has 2 heterocycles. The van der Waals surface area contributed by atoms with Gasteiger partial charge < -0.3 is 15.4 Å². The minimum atomic E-state index is 0.416. The molecule has 0 radical (unpaired) electrons. The molecule has 2 aromatic carbocycles. The zero-order valence-electron chi connectivity index (χ0n) is 14.4. The first-order valence-electron chi connectivity index (χ1n) is 8.77. The van der Waals surface area contributed by atoms with Crippen LogP contribution in [0.15, 0.2) is 48.8 Å². The Morgan fingerprint density at radius 3 is 2.80 bits per heavy atom. The van der Waals surface area contributed by atoms with E-state index in [0.717, 1.165) is 41.7 Å². The molecule has 1 fully saturated rings. The minimum absolute atomic E-state index is 0.416. The van der Waals surface area contributed by atoms with Gasteiger partial charge in [0.25, 0.3) is 0 Å². The van der Waals surface area contributed by atoms with Gasteiger partial charge in [-0.1, -0.05) is 36.4 Å². The first kappa shape index (κ1) is 15.7. The third kappa shape index (κ3) is 2.97. The molecule has 3 aromatic rings. The molecule has 1 aromatic heterocycles. The van der Waals surface area contributed by atoms with Crippen molar-refractivity contribution >= 4 is 22.3 Å². The van der Waals surface area contributed by atoms with Crippen LogP contribution in [0.4, 0.5) is 11.5 Å². The maximum Gasteiger partial charge on any atom is 0.248 e. The maximum atomic E-state index is 6.38. The lowest BCUT2D eigenvalue weighted by atomic mass is 10.0. The highest BCUT2D eigenvalue weighted by Gasteiger charge is 2.23. The molecule has 1 unspecified atom stereocenters. The third-order valence-electron chi connectivity index (χ3n) is 4.86. The van der Waals surface area contributed by atoms with Crippen molar-refractivity contribution in [3.05, 3.63) is 48.8 Å². The zero-order chi connectivity index (χ0) is 17.2. The van der Waals surface area contributed by atoms with Gasteiger partial charge in [-0.25, -0.2) is 4.98 Å². The van der Waals surface area contributed by atoms with Crippen LogP contribution < -0.4 is 15.4 Å². The summed E-state index contributed by atoms with van der Waals surface area (Å²) in [4.78, 5) is 11.0. The number of piperidine rings is 1. The van der Waals surface area contributed by atoms with E-state index in [0.29, 0.717) is 17.6 Å². The summed E-state index contributed by atoms with van der Waals surface area (Å²) in [6.45, 7) is 3.18. The number of ether oxygens (including phenoxy) is 1. The average molecular weight is 334 g/mol. The molecule has 25 heavy (non-hydrogen) atoms. The van der Waals surface area contributed by atoms with Crippen molar-refractivity contribution in [2.24, 2.45) is 0 Å². The smallest absolute Gasteiger partial charge is 0.248 e. The fourth-order valence-electron chi connectivity index (χ4n) is 3.48. The van der Waals surface area contributed by atoms with E-state index in [2.05, 4.69) is 33.9 Å². The standard InChI is InChI=1S/C20H22N4O/c1-14-7-4-5-12-24(14)19-18(21)20(23-13-22-19)25-17-11-6-9-15-8-2-3-10-16(15)17/h2-3,6,8-11,13-14H,4-5,7,12,21H2,1H3. The first-order chi connectivity index (χ1) is 12.2. The minimum Gasteiger partial charge on any atom is -0.436 e. The van der Waals surface area contributed by atoms with Gasteiger partial charge in [0, 0.05) is 18.0 Å². The molecule has 5 heteroatoms. The summed E-state index contributed by atoms with van der Waals surface area (Å²) >= 11 is 0. The number of nitrogens with zero attached hydrogens (tertiary/aromatic N) is 3. The van der Waals surface area contributed by atoms with Crippen LogP contribution in [0.1, 0.15) is 26.2 Å². The van der Waals surface area contributed by atoms with Crippen LogP contribution in [-0.2, 0) is 0 Å². The topological polar surface area (TPSA) is 64.3 Å². The predicted octanol–water partition coefficient (Wildman–Crippen LogP) is 4.38. The molecule has 4 rings (SSSR count). The van der Waals surface area contributed by atoms with E-state index in [1.165, 1.54) is 12.7 Å². The number of fused-ring (bicyclic) bond motifs is 1. The predicted molar refractivity (Wildman–Crippen MR) is 101 cm³/mol. The molecule has 0 amide bonds. The number of hydrogen-bond donors (Lipinski definition) is 1. The number of rotatable bonds is 3. The van der Waals surface area contributed by atoms with E-state index < -0.39 is 0 Å². The highest BCUT2D eigenvalue weighted by Crippen LogP contribution is 2.36. The van der Waals surface area contributed by atoms with Gasteiger partial charge in [-0.05, 0) is 37.6 Å². The number of hydrogen-bond acceptors (Lipinski definition) is 5. The number of benzene rings is 2. The Bertz CT molecular complexity index is 891. The summed E-state index contributed by atoms with van der Waals surface area (Å²) in [6.07, 6.45) is 5.10. The van der Waals surface area contributed by atoms with Crippen LogP contribution in [-0.4, -0.2) is 22.6 Å². The van der Waals surface area contributed by atoms with Gasteiger partial charge >= 0.3 is 0 Å². The van der Waals surface area contributed by atoms with Gasteiger partial charge in [-0.15, -0.1) is 0 Å². The Morgan fingerprint density at radius 1 is 1.08 bits per heavy atom. The van der Waals surface area contributed by atoms with Crippen molar-refractivity contribution in [2.75, 3.05) is 17.2 Å². The summed E-state index contributed by atoms with van der Waals surface area (Å²) in [5.41, 5.74) is 6.88. The van der Waals surface area contributed by atoms with E-state index in [-0.39, 0.29) is 0 Å². The first-order valence-corrected chi connectivity index (χ1v) is 8.77. The van der Waals surface area contributed by atoms with Gasteiger partial charge in [0.15, 0.2) is 5.82 Å². The highest BCUT2D eigenvalue weighted by atomic mass is 16.5. The van der Waals surface area contributed by atoms with Crippen molar-refractivity contribution < 1.29 is 4.74 Å². The van der Waals surface area contributed by atoms with Gasteiger partial charge in [0.1, 0.15) is 17.8 Å². The van der Waals surface area contributed by atoms with E-state index in [9.17, 15) is 0 Å². The Labute approximate surface area is 147 Å². The van der Waals surface area contributed by atoms with E-state index >= 15 is 0 Å². The second-order valence-corrected chi connectivity index (χ2v) is 6.53. The maximum absolute atomic E-state index is 6.38. The molecular weight excluding hydrogens is 312 g/mol. The largest absolute Gasteiger partial charge is 0.436 e. The number of nitrogen functional groups attached to an aromatic ring is 1. The van der Waals surface area contributed by atoms with E-state index in [4.69, 9.17) is 10.5 Å². The second-order valence-electron chi connectivity index (χ2n) is 6.53. The monoisotopic (exact) mass is 334 g/mol. The normalized spacial score (nSPS) is 17.6. The van der Waals surface area contributed by atoms with Crippen molar-refractivity contribution in [3.63, 3.8) is 0 Å². The molecule has 0 bridgehead atoms. The van der Waals surface area contributed by atoms with Crippen LogP contribution in [0.3, 0.4) is 0 Å². The van der Waals surface area contributed by atoms with Crippen molar-refractivity contribution in [3.8, 4) is 11.6 Å². The summed E-state index contributed by atoms with van der Waals surface area (Å²) in [6, 6.07) is 14.5. The lowest BCUT2D eigenvalue weighted by Gasteiger charge is -2.35. The van der Waals surface area contributed by atoms with Gasteiger partial charge in [0.05, 0.1) is 0 Å². The average Bonchev–Trinajstić information content (AvgIpc) is 2.64. The SMILES string of the molecule is CC1CCCCN1c1ncnc(Oc2cccc3ccccc23)c1N. The number of nitrogens with two attached hydrogens (primary N) is 1. The number of aromatic nitrogens is 2. The van der Waals surface area contributed by atoms with Crippen molar-refractivity contribution in [1.29, 1.82) is 0 Å². The lowest BCUT2D eigenvalue weighted by molar-refractivity contribution is 0.462. The van der Waals surface area contributed by atoms with Crippen LogP contribution in [0, 0.1) is 0 Å². The molecule has 0 aliphatic carbocycles. The quantitative estimate of drug-likeness (QED) is 0.770. The Balaban J connectivity index is 1.70. The lowest BCUT2D eigenvalue weighted by Crippen LogP contribution is -2.38. The summed E-state index contributed by atoms with van der Waals surface area (Å²) < 4.78 is 6.09. The molecule has 128 valence electrons. The third-order valence-corrected chi connectivity index (χ3v) is 4.86. The molecule has 2 N–H and O–H groups in total. The Hall–Kier alpha value is -2.82. The molecule has 1 saturated heterocycles. The molecule has 0 saturated carbocycles. The molecule has 1 atom stereocenters. The molecule has 1 aliphatic rings. The van der Waals surface area contributed by atoms with Gasteiger partial charge in [-0.3, -0.25) is 0 Å². The van der Waals surface area contributed by atoms with Crippen molar-refractivity contribution in [1.82, 2.24) is 9.97 Å². The van der Waals surface area contributed by atoms with E-state index in [1.807, 2.05) is 30.3 Å². The van der Waals surface area contributed by atoms with Crippen LogP contribution in [0.2, 0.25) is 0 Å². The molecular formula is C20H22N4O. The highest BCUT2D eigenvalue weighted by molar-refractivity contribution is 5.88. The van der Waals surface area contributed by atoms with E-state index in [1.54, 1.807) is 0 Å². The fraction of sp³-hybridized carbons (Fsp3) is 0.300. The molecule has 0 spiro atoms. The summed E-state index contributed by atoms with van der Waals surface area (Å²) in [5.74, 6) is 1.94. The van der Waals surface area contributed by atoms with Gasteiger partial charge in [0.2, 0.25) is 5.88 Å². The van der Waals surface area contributed by atoms with Gasteiger partial charge in [-0.2, -0.15) is 4.98 Å². The van der Waals surface area contributed by atoms with Crippen LogP contribution >= 0.6 is 0 Å². The Morgan fingerprint density at radius 2 is 1.92 bits per heavy atom. The van der Waals surface area contributed by atoms with Crippen LogP contribution in [0.25, 0.3) is 10.8 Å². The fourth-order valence-corrected chi connectivity index (χ4v) is 3.48. The summed E-state index contributed by atoms with van der Waals surface area (Å²) in [5, 5.41) is 2.16. The van der Waals surface area contributed by atoms with Crippen molar-refractivity contribution in [2.45, 2.75) is 32.2 Å². The Kier molecular flexibility index (Phi) is 4.14.